The number of aromatic amines is 1. The molecule has 4 rings (SSSR count). The van der Waals surface area contributed by atoms with E-state index in [0.717, 1.165) is 10.9 Å². The van der Waals surface area contributed by atoms with Gasteiger partial charge < -0.3 is 74.1 Å². The van der Waals surface area contributed by atoms with Crippen molar-refractivity contribution in [3.8, 4) is 0 Å². The number of carbonyl (C=O) groups excluding carboxylic acids is 7. The van der Waals surface area contributed by atoms with Crippen molar-refractivity contribution in [1.82, 2.24) is 42.2 Å². The van der Waals surface area contributed by atoms with E-state index in [0.29, 0.717) is 29.5 Å². The van der Waals surface area contributed by atoms with Gasteiger partial charge in [-0.15, -0.1) is 0 Å². The molecular weight excluding hydrogens is 1050 g/mol. The predicted octanol–water partition coefficient (Wildman–Crippen LogP) is 0.771. The van der Waals surface area contributed by atoms with E-state index in [2.05, 4.69) is 42.2 Å². The Hall–Kier alpha value is -8.71. The molecule has 438 valence electrons. The number of para-hydroxylation sites is 1. The number of hydrogen-bond donors (Lipinski definition) is 14. The molecule has 0 spiro atoms. The van der Waals surface area contributed by atoms with Crippen LogP contribution in [0.4, 0.5) is 0 Å². The molecule has 0 aliphatic heterocycles. The summed E-state index contributed by atoms with van der Waals surface area (Å²) in [5.74, 6) is -12.5. The summed E-state index contributed by atoms with van der Waals surface area (Å²) < 4.78 is 0. The minimum Gasteiger partial charge on any atom is -0.481 e. The molecule has 7 amide bonds. The topological polar surface area (TPSA) is 421 Å². The molecule has 0 bridgehead atoms. The highest BCUT2D eigenvalue weighted by molar-refractivity contribution is 5.98. The van der Waals surface area contributed by atoms with Crippen LogP contribution in [0, 0.1) is 5.92 Å². The highest BCUT2D eigenvalue weighted by atomic mass is 16.4. The molecule has 25 nitrogen and oxygen atoms in total. The largest absolute Gasteiger partial charge is 0.481 e. The molecule has 0 aliphatic carbocycles. The fourth-order valence-corrected chi connectivity index (χ4v) is 8.67. The number of nitrogens with two attached hydrogens (primary N) is 2. The van der Waals surface area contributed by atoms with Crippen molar-refractivity contribution in [1.29, 1.82) is 0 Å². The number of benzene rings is 3. The van der Waals surface area contributed by atoms with Crippen molar-refractivity contribution in [2.45, 2.75) is 146 Å². The number of carbonyl (C=O) groups is 11. The molecule has 0 saturated heterocycles. The van der Waals surface area contributed by atoms with Gasteiger partial charge in [0.2, 0.25) is 41.4 Å². The second-order valence-corrected chi connectivity index (χ2v) is 19.7. The van der Waals surface area contributed by atoms with Gasteiger partial charge in [0.15, 0.2) is 0 Å². The monoisotopic (exact) mass is 1130 g/mol. The third-order valence-corrected chi connectivity index (χ3v) is 13.5. The van der Waals surface area contributed by atoms with Crippen LogP contribution in [0.5, 0.6) is 0 Å². The maximum atomic E-state index is 14.5. The number of fused-ring (bicyclic) bond motifs is 1. The van der Waals surface area contributed by atoms with Crippen LogP contribution in [0.15, 0.2) is 91.1 Å². The summed E-state index contributed by atoms with van der Waals surface area (Å²) in [6.45, 7) is 3.61. The quantitative estimate of drug-likeness (QED) is 0.0280. The predicted molar refractivity (Wildman–Crippen MR) is 294 cm³/mol. The van der Waals surface area contributed by atoms with Crippen LogP contribution in [-0.2, 0) is 72.0 Å². The highest BCUT2D eigenvalue weighted by Crippen LogP contribution is 2.20. The molecule has 0 unspecified atom stereocenters. The number of hydrogen-bond acceptors (Lipinski definition) is 13. The smallest absolute Gasteiger partial charge is 0.326 e. The van der Waals surface area contributed by atoms with E-state index in [1.54, 1.807) is 98.9 Å². The summed E-state index contributed by atoms with van der Waals surface area (Å²) in [4.78, 5) is 149. The lowest BCUT2D eigenvalue weighted by Gasteiger charge is -2.29. The van der Waals surface area contributed by atoms with Crippen LogP contribution in [0.3, 0.4) is 0 Å². The molecule has 1 aromatic heterocycles. The fraction of sp³-hybridized carbons (Fsp3) is 0.446. The van der Waals surface area contributed by atoms with Crippen molar-refractivity contribution >= 4 is 76.1 Å². The van der Waals surface area contributed by atoms with E-state index in [4.69, 9.17) is 11.5 Å². The van der Waals surface area contributed by atoms with Gasteiger partial charge in [0.25, 0.3) is 0 Å². The Morgan fingerprint density at radius 3 is 1.42 bits per heavy atom. The zero-order chi connectivity index (χ0) is 59.6. The first kappa shape index (κ1) is 64.8. The number of amides is 7. The third-order valence-electron chi connectivity index (χ3n) is 13.5. The van der Waals surface area contributed by atoms with Gasteiger partial charge in [-0.3, -0.25) is 47.9 Å². The van der Waals surface area contributed by atoms with Crippen LogP contribution in [0.2, 0.25) is 0 Å². The Balaban J connectivity index is 1.62. The van der Waals surface area contributed by atoms with Crippen molar-refractivity contribution < 1.29 is 73.2 Å². The third kappa shape index (κ3) is 21.8. The zero-order valence-electron chi connectivity index (χ0n) is 45.2. The Labute approximate surface area is 467 Å². The minimum atomic E-state index is -1.69. The summed E-state index contributed by atoms with van der Waals surface area (Å²) >= 11 is 0. The van der Waals surface area contributed by atoms with Crippen LogP contribution in [0.1, 0.15) is 94.7 Å². The van der Waals surface area contributed by atoms with Crippen LogP contribution >= 0.6 is 0 Å². The number of unbranched alkanes of at least 4 members (excludes halogenated alkanes) is 1. The van der Waals surface area contributed by atoms with Gasteiger partial charge in [0, 0.05) is 55.6 Å². The van der Waals surface area contributed by atoms with Gasteiger partial charge in [-0.2, -0.15) is 0 Å². The maximum Gasteiger partial charge on any atom is 0.326 e. The molecule has 1 heterocycles. The lowest BCUT2D eigenvalue weighted by atomic mass is 9.96. The van der Waals surface area contributed by atoms with E-state index in [-0.39, 0.29) is 45.1 Å². The number of carboxylic acids is 4. The van der Waals surface area contributed by atoms with E-state index < -0.39 is 152 Å². The Morgan fingerprint density at radius 1 is 0.481 bits per heavy atom. The molecule has 0 fully saturated rings. The SMILES string of the molecule is CC[C@H](C)[C@H](NC(=O)[C@H](Cc1c[nH]c2ccccc12)NC(=O)[C@@H](N)CCC(=O)O)C(=O)N[C@@H](CCCCN)C(=O)N[C@@H](CCC(=O)O)C(=O)N[C@@H](Cc1ccccc1)C(=O)N[C@@H](CCC(=O)O)C(=O)N[C@@H](Cc1ccccc1)C(=O)O. The zero-order valence-corrected chi connectivity index (χ0v) is 45.2. The molecule has 4 aromatic rings. The molecule has 0 saturated carbocycles. The number of nitrogens with one attached hydrogen (secondary N) is 8. The second-order valence-electron chi connectivity index (χ2n) is 19.7. The molecule has 16 N–H and O–H groups in total. The number of rotatable bonds is 36. The molecule has 9 atom stereocenters. The first-order valence-corrected chi connectivity index (χ1v) is 26.7. The lowest BCUT2D eigenvalue weighted by molar-refractivity contribution is -0.143. The van der Waals surface area contributed by atoms with Crippen molar-refractivity contribution in [2.24, 2.45) is 17.4 Å². The van der Waals surface area contributed by atoms with Gasteiger partial charge in [0.05, 0.1) is 6.04 Å². The molecule has 0 radical (unpaired) electrons. The van der Waals surface area contributed by atoms with Crippen molar-refractivity contribution in [2.75, 3.05) is 6.54 Å². The van der Waals surface area contributed by atoms with Crippen molar-refractivity contribution in [3.63, 3.8) is 0 Å². The van der Waals surface area contributed by atoms with Gasteiger partial charge in [-0.25, -0.2) is 4.79 Å². The molecule has 25 heteroatoms. The first-order chi connectivity index (χ1) is 38.6. The Bertz CT molecular complexity index is 2800. The average Bonchev–Trinajstić information content (AvgIpc) is 3.90. The number of carboxylic acid groups (broad SMARTS) is 4. The molecule has 0 aliphatic rings. The summed E-state index contributed by atoms with van der Waals surface area (Å²) in [5.41, 5.74) is 14.2. The summed E-state index contributed by atoms with van der Waals surface area (Å²) in [6.07, 6.45) is -0.958. The summed E-state index contributed by atoms with van der Waals surface area (Å²) in [7, 11) is 0. The molecule has 81 heavy (non-hydrogen) atoms. The highest BCUT2D eigenvalue weighted by Gasteiger charge is 2.36. The summed E-state index contributed by atoms with van der Waals surface area (Å²) in [5, 5.41) is 57.1. The van der Waals surface area contributed by atoms with E-state index in [9.17, 15) is 73.2 Å². The van der Waals surface area contributed by atoms with Gasteiger partial charge in [-0.05, 0) is 73.7 Å². The standard InChI is InChI=1S/C56H74N10O15/c1-3-32(2)48(66-54(78)43(63-49(73)37(58)21-24-45(67)68)30-35-31-59-38-19-11-10-18-36(35)38)55(79)62-39(20-12-13-27-57)50(74)60-40(22-25-46(69)70)51(75)64-42(28-33-14-6-4-7-15-33)53(77)61-41(23-26-47(71)72)52(76)65-44(56(80)81)29-34-16-8-5-9-17-34/h4-11,14-19,31-32,37,39-44,48,59H,3,12-13,20-30,57-58H2,1-2H3,(H,60,74)(H,61,77)(H,62,79)(H,63,73)(H,64,75)(H,65,76)(H,66,78)(H,67,68)(H,69,70)(H,71,72)(H,80,81)/t32-,37-,39-,40-,41-,42-,43-,44-,48-/m0/s1. The normalized spacial score (nSPS) is 14.4. The average molecular weight is 1130 g/mol. The number of aliphatic carboxylic acids is 4. The minimum absolute atomic E-state index is 0.0659. The van der Waals surface area contributed by atoms with E-state index >= 15 is 0 Å². The van der Waals surface area contributed by atoms with E-state index in [1.807, 2.05) is 6.07 Å². The molecular formula is C56H74N10O15. The number of H-pyrrole nitrogens is 1. The van der Waals surface area contributed by atoms with Crippen LogP contribution < -0.4 is 48.7 Å². The summed E-state index contributed by atoms with van der Waals surface area (Å²) in [6, 6.07) is 11.9. The van der Waals surface area contributed by atoms with Gasteiger partial charge in [0.1, 0.15) is 42.3 Å². The lowest BCUT2D eigenvalue weighted by Crippen LogP contribution is -2.61. The van der Waals surface area contributed by atoms with Crippen LogP contribution in [-0.4, -0.2) is 146 Å². The van der Waals surface area contributed by atoms with Crippen molar-refractivity contribution in [3.05, 3.63) is 108 Å². The van der Waals surface area contributed by atoms with Gasteiger partial charge >= 0.3 is 23.9 Å². The van der Waals surface area contributed by atoms with Crippen LogP contribution in [0.25, 0.3) is 10.9 Å². The van der Waals surface area contributed by atoms with E-state index in [1.165, 1.54) is 0 Å². The Kier molecular flexibility index (Phi) is 26.4. The molecule has 3 aromatic carbocycles. The number of aromatic nitrogens is 1. The second kappa shape index (κ2) is 33.0. The Morgan fingerprint density at radius 2 is 0.901 bits per heavy atom. The first-order valence-electron chi connectivity index (χ1n) is 26.7. The maximum absolute atomic E-state index is 14.5. The fourth-order valence-electron chi connectivity index (χ4n) is 8.67. The van der Waals surface area contributed by atoms with Gasteiger partial charge in [-0.1, -0.05) is 99.1 Å².